The van der Waals surface area contributed by atoms with Crippen molar-refractivity contribution in [1.82, 2.24) is 4.98 Å². The van der Waals surface area contributed by atoms with E-state index in [1.165, 1.54) is 0 Å². The summed E-state index contributed by atoms with van der Waals surface area (Å²) in [6, 6.07) is 18.9. The van der Waals surface area contributed by atoms with Gasteiger partial charge in [0, 0.05) is 23.1 Å². The lowest BCUT2D eigenvalue weighted by Gasteiger charge is -2.25. The second-order valence-corrected chi connectivity index (χ2v) is 7.02. The molecule has 7 nitrogen and oxygen atoms in total. The zero-order valence-electron chi connectivity index (χ0n) is 16.9. The molecular formula is C24H21N3O4. The van der Waals surface area contributed by atoms with Gasteiger partial charge in [-0.05, 0) is 43.3 Å². The molecule has 0 radical (unpaired) electrons. The van der Waals surface area contributed by atoms with Crippen LogP contribution in [0.5, 0.6) is 0 Å². The van der Waals surface area contributed by atoms with Gasteiger partial charge < -0.3 is 10.1 Å². The van der Waals surface area contributed by atoms with Crippen LogP contribution in [-0.2, 0) is 9.53 Å². The molecule has 31 heavy (non-hydrogen) atoms. The molecule has 1 aliphatic rings. The van der Waals surface area contributed by atoms with E-state index in [0.29, 0.717) is 28.2 Å². The maximum atomic E-state index is 13.0. The van der Waals surface area contributed by atoms with Gasteiger partial charge in [-0.15, -0.1) is 0 Å². The number of anilines is 2. The fourth-order valence-corrected chi connectivity index (χ4v) is 3.67. The predicted molar refractivity (Wildman–Crippen MR) is 116 cm³/mol. The monoisotopic (exact) mass is 415 g/mol. The molecule has 0 saturated heterocycles. The number of rotatable bonds is 6. The SMILES string of the molecule is CCOC(=O)c1cccc(NC(=O)CC2c3cccnc3C(=O)N2c2ccccc2)c1. The lowest BCUT2D eigenvalue weighted by molar-refractivity contribution is -0.116. The van der Waals surface area contributed by atoms with Gasteiger partial charge in [-0.3, -0.25) is 19.5 Å². The smallest absolute Gasteiger partial charge is 0.338 e. The Bertz CT molecular complexity index is 1130. The lowest BCUT2D eigenvalue weighted by atomic mass is 10.0. The van der Waals surface area contributed by atoms with Gasteiger partial charge in [0.05, 0.1) is 24.6 Å². The molecule has 7 heteroatoms. The minimum atomic E-state index is -0.480. The first-order valence-electron chi connectivity index (χ1n) is 9.99. The number of hydrogen-bond acceptors (Lipinski definition) is 5. The van der Waals surface area contributed by atoms with Gasteiger partial charge in [0.2, 0.25) is 5.91 Å². The van der Waals surface area contributed by atoms with Crippen molar-refractivity contribution in [3.63, 3.8) is 0 Å². The maximum Gasteiger partial charge on any atom is 0.338 e. The Morgan fingerprint density at radius 2 is 1.87 bits per heavy atom. The first kappa shape index (κ1) is 20.3. The molecule has 0 fully saturated rings. The van der Waals surface area contributed by atoms with E-state index in [4.69, 9.17) is 4.74 Å². The Hall–Kier alpha value is -4.00. The van der Waals surface area contributed by atoms with E-state index in [1.54, 1.807) is 48.4 Å². The quantitative estimate of drug-likeness (QED) is 0.615. The summed E-state index contributed by atoms with van der Waals surface area (Å²) >= 11 is 0. The summed E-state index contributed by atoms with van der Waals surface area (Å²) in [6.07, 6.45) is 1.62. The van der Waals surface area contributed by atoms with Crippen molar-refractivity contribution in [2.24, 2.45) is 0 Å². The molecule has 1 N–H and O–H groups in total. The van der Waals surface area contributed by atoms with Gasteiger partial charge in [0.25, 0.3) is 5.91 Å². The second-order valence-electron chi connectivity index (χ2n) is 7.02. The fraction of sp³-hybridized carbons (Fsp3) is 0.167. The van der Waals surface area contributed by atoms with Gasteiger partial charge in [-0.1, -0.05) is 30.3 Å². The minimum Gasteiger partial charge on any atom is -0.462 e. The Balaban J connectivity index is 1.57. The number of aromatic nitrogens is 1. The molecule has 2 amide bonds. The van der Waals surface area contributed by atoms with Crippen molar-refractivity contribution in [1.29, 1.82) is 0 Å². The van der Waals surface area contributed by atoms with Crippen LogP contribution in [-0.4, -0.2) is 29.4 Å². The average molecular weight is 415 g/mol. The van der Waals surface area contributed by atoms with Crippen LogP contribution >= 0.6 is 0 Å². The predicted octanol–water partition coefficient (Wildman–Crippen LogP) is 3.99. The Morgan fingerprint density at radius 1 is 1.06 bits per heavy atom. The number of para-hydroxylation sites is 1. The Morgan fingerprint density at radius 3 is 2.65 bits per heavy atom. The lowest BCUT2D eigenvalue weighted by Crippen LogP contribution is -2.30. The van der Waals surface area contributed by atoms with Crippen LogP contribution in [0.4, 0.5) is 11.4 Å². The average Bonchev–Trinajstić information content (AvgIpc) is 3.06. The first-order chi connectivity index (χ1) is 15.1. The van der Waals surface area contributed by atoms with Gasteiger partial charge in [0.1, 0.15) is 5.69 Å². The number of esters is 1. The minimum absolute atomic E-state index is 0.0446. The zero-order chi connectivity index (χ0) is 21.8. The molecular weight excluding hydrogens is 394 g/mol. The Kier molecular flexibility index (Phi) is 5.75. The number of carbonyl (C=O) groups is 3. The third kappa shape index (κ3) is 4.16. The number of nitrogens with one attached hydrogen (secondary N) is 1. The largest absolute Gasteiger partial charge is 0.462 e. The zero-order valence-corrected chi connectivity index (χ0v) is 16.9. The first-order valence-corrected chi connectivity index (χ1v) is 9.99. The molecule has 1 aromatic heterocycles. The van der Waals surface area contributed by atoms with E-state index in [9.17, 15) is 14.4 Å². The van der Waals surface area contributed by atoms with E-state index >= 15 is 0 Å². The van der Waals surface area contributed by atoms with E-state index in [2.05, 4.69) is 10.3 Å². The highest BCUT2D eigenvalue weighted by molar-refractivity contribution is 6.10. The van der Waals surface area contributed by atoms with E-state index in [1.807, 2.05) is 36.4 Å². The fourth-order valence-electron chi connectivity index (χ4n) is 3.67. The van der Waals surface area contributed by atoms with Crippen molar-refractivity contribution in [3.05, 3.63) is 89.7 Å². The molecule has 2 heterocycles. The maximum absolute atomic E-state index is 13.0. The molecule has 1 atom stereocenters. The molecule has 4 rings (SSSR count). The van der Waals surface area contributed by atoms with E-state index < -0.39 is 12.0 Å². The summed E-state index contributed by atoms with van der Waals surface area (Å²) in [5, 5.41) is 2.82. The van der Waals surface area contributed by atoms with Crippen LogP contribution < -0.4 is 10.2 Å². The van der Waals surface area contributed by atoms with Crippen LogP contribution in [0.15, 0.2) is 72.9 Å². The molecule has 1 aliphatic heterocycles. The van der Waals surface area contributed by atoms with Crippen LogP contribution in [0.2, 0.25) is 0 Å². The molecule has 0 aliphatic carbocycles. The number of hydrogen-bond donors (Lipinski definition) is 1. The van der Waals surface area contributed by atoms with Gasteiger partial charge >= 0.3 is 5.97 Å². The molecule has 0 spiro atoms. The van der Waals surface area contributed by atoms with Crippen molar-refractivity contribution < 1.29 is 19.1 Å². The summed E-state index contributed by atoms with van der Waals surface area (Å²) in [6.45, 7) is 2.01. The van der Waals surface area contributed by atoms with Crippen molar-refractivity contribution in [3.8, 4) is 0 Å². The third-order valence-corrected chi connectivity index (χ3v) is 5.00. The van der Waals surface area contributed by atoms with Gasteiger partial charge in [-0.2, -0.15) is 0 Å². The number of benzene rings is 2. The van der Waals surface area contributed by atoms with Gasteiger partial charge in [-0.25, -0.2) is 4.79 Å². The highest BCUT2D eigenvalue weighted by Gasteiger charge is 2.39. The number of ether oxygens (including phenoxy) is 1. The molecule has 3 aromatic rings. The molecule has 1 unspecified atom stereocenters. The molecule has 0 saturated carbocycles. The van der Waals surface area contributed by atoms with Gasteiger partial charge in [0.15, 0.2) is 0 Å². The molecule has 156 valence electrons. The number of nitrogens with zero attached hydrogens (tertiary/aromatic N) is 2. The van der Waals surface area contributed by atoms with Crippen molar-refractivity contribution >= 4 is 29.2 Å². The summed E-state index contributed by atoms with van der Waals surface area (Å²) in [7, 11) is 0. The van der Waals surface area contributed by atoms with Crippen LogP contribution in [0.25, 0.3) is 0 Å². The second kappa shape index (κ2) is 8.79. The third-order valence-electron chi connectivity index (χ3n) is 5.00. The summed E-state index contributed by atoms with van der Waals surface area (Å²) in [4.78, 5) is 43.7. The molecule has 0 bridgehead atoms. The standard InChI is InChI=1S/C24H21N3O4/c1-2-31-24(30)16-8-6-9-17(14-16)26-21(28)15-20-19-12-7-13-25-22(19)23(29)27(20)18-10-4-3-5-11-18/h3-14,20H,2,15H2,1H3,(H,26,28). The highest BCUT2D eigenvalue weighted by atomic mass is 16.5. The summed E-state index contributed by atoms with van der Waals surface area (Å²) in [5.41, 5.74) is 2.61. The van der Waals surface area contributed by atoms with Crippen LogP contribution in [0.3, 0.4) is 0 Å². The van der Waals surface area contributed by atoms with Crippen molar-refractivity contribution in [2.75, 3.05) is 16.8 Å². The summed E-state index contributed by atoms with van der Waals surface area (Å²) in [5.74, 6) is -0.962. The topological polar surface area (TPSA) is 88.6 Å². The normalized spacial score (nSPS) is 14.8. The highest BCUT2D eigenvalue weighted by Crippen LogP contribution is 2.38. The van der Waals surface area contributed by atoms with Crippen molar-refractivity contribution in [2.45, 2.75) is 19.4 Å². The summed E-state index contributed by atoms with van der Waals surface area (Å²) < 4.78 is 5.01. The number of fused-ring (bicyclic) bond motifs is 1. The number of carbonyl (C=O) groups excluding carboxylic acids is 3. The van der Waals surface area contributed by atoms with E-state index in [0.717, 1.165) is 0 Å². The van der Waals surface area contributed by atoms with E-state index in [-0.39, 0.29) is 24.8 Å². The van der Waals surface area contributed by atoms with Crippen LogP contribution in [0.1, 0.15) is 45.8 Å². The van der Waals surface area contributed by atoms with Crippen LogP contribution in [0, 0.1) is 0 Å². The number of pyridine rings is 1. The Labute approximate surface area is 179 Å². The number of amides is 2. The molecule has 2 aromatic carbocycles.